The molecule has 2 aromatic carbocycles. The molecular formula is C19H22ClNO3. The number of ether oxygens (including phenoxy) is 1. The van der Waals surface area contributed by atoms with Crippen molar-refractivity contribution in [3.05, 3.63) is 64.7 Å². The smallest absolute Gasteiger partial charge is 0.224 e. The lowest BCUT2D eigenvalue weighted by Crippen LogP contribution is -2.42. The van der Waals surface area contributed by atoms with Gasteiger partial charge < -0.3 is 15.2 Å². The third kappa shape index (κ3) is 5.87. The van der Waals surface area contributed by atoms with E-state index in [1.165, 1.54) is 0 Å². The molecule has 2 aromatic rings. The fourth-order valence-corrected chi connectivity index (χ4v) is 2.51. The first-order chi connectivity index (χ1) is 11.4. The maximum atomic E-state index is 12.0. The second-order valence-corrected chi connectivity index (χ2v) is 6.54. The summed E-state index contributed by atoms with van der Waals surface area (Å²) in [5, 5.41) is 13.9. The van der Waals surface area contributed by atoms with Crippen LogP contribution in [0.4, 0.5) is 0 Å². The SMILES string of the molecule is COc1ccc(CC(C)(O)CNC(=O)Cc2ccc(Cl)cc2)cc1. The standard InChI is InChI=1S/C19H22ClNO3/c1-19(23,12-15-5-9-17(24-2)10-6-15)13-21-18(22)11-14-3-7-16(20)8-4-14/h3-10,23H,11-13H2,1-2H3,(H,21,22). The van der Waals surface area contributed by atoms with Gasteiger partial charge in [-0.3, -0.25) is 4.79 Å². The minimum Gasteiger partial charge on any atom is -0.497 e. The van der Waals surface area contributed by atoms with Gasteiger partial charge in [0.1, 0.15) is 5.75 Å². The number of aliphatic hydroxyl groups is 1. The molecular weight excluding hydrogens is 326 g/mol. The van der Waals surface area contributed by atoms with E-state index in [0.29, 0.717) is 11.4 Å². The van der Waals surface area contributed by atoms with Gasteiger partial charge in [0.2, 0.25) is 5.91 Å². The van der Waals surface area contributed by atoms with Crippen LogP contribution in [0.2, 0.25) is 5.02 Å². The van der Waals surface area contributed by atoms with Crippen molar-refractivity contribution in [1.29, 1.82) is 0 Å². The molecule has 2 N–H and O–H groups in total. The highest BCUT2D eigenvalue weighted by Gasteiger charge is 2.22. The van der Waals surface area contributed by atoms with Crippen LogP contribution in [0.25, 0.3) is 0 Å². The number of carbonyl (C=O) groups excluding carboxylic acids is 1. The van der Waals surface area contributed by atoms with Gasteiger partial charge >= 0.3 is 0 Å². The number of carbonyl (C=O) groups is 1. The Balaban J connectivity index is 1.84. The summed E-state index contributed by atoms with van der Waals surface area (Å²) in [4.78, 5) is 12.0. The summed E-state index contributed by atoms with van der Waals surface area (Å²) in [7, 11) is 1.61. The number of methoxy groups -OCH3 is 1. The molecule has 0 aliphatic carbocycles. The molecule has 0 heterocycles. The molecule has 1 amide bonds. The van der Waals surface area contributed by atoms with Crippen molar-refractivity contribution in [3.63, 3.8) is 0 Å². The van der Waals surface area contributed by atoms with E-state index < -0.39 is 5.60 Å². The van der Waals surface area contributed by atoms with Gasteiger partial charge in [-0.1, -0.05) is 35.9 Å². The Bertz CT molecular complexity index is 666. The fourth-order valence-electron chi connectivity index (χ4n) is 2.38. The fraction of sp³-hybridized carbons (Fsp3) is 0.316. The first-order valence-corrected chi connectivity index (χ1v) is 8.12. The van der Waals surface area contributed by atoms with E-state index in [0.717, 1.165) is 16.9 Å². The molecule has 5 heteroatoms. The molecule has 0 fully saturated rings. The van der Waals surface area contributed by atoms with Crippen molar-refractivity contribution in [3.8, 4) is 5.75 Å². The molecule has 0 aliphatic heterocycles. The zero-order valence-electron chi connectivity index (χ0n) is 13.9. The van der Waals surface area contributed by atoms with E-state index in [-0.39, 0.29) is 18.9 Å². The Hall–Kier alpha value is -2.04. The molecule has 24 heavy (non-hydrogen) atoms. The lowest BCUT2D eigenvalue weighted by Gasteiger charge is -2.24. The Morgan fingerprint density at radius 2 is 1.71 bits per heavy atom. The lowest BCUT2D eigenvalue weighted by molar-refractivity contribution is -0.121. The monoisotopic (exact) mass is 347 g/mol. The van der Waals surface area contributed by atoms with Crippen molar-refractivity contribution >= 4 is 17.5 Å². The second kappa shape index (κ2) is 8.18. The molecule has 0 aliphatic rings. The van der Waals surface area contributed by atoms with Crippen molar-refractivity contribution in [1.82, 2.24) is 5.32 Å². The van der Waals surface area contributed by atoms with E-state index in [1.54, 1.807) is 26.2 Å². The van der Waals surface area contributed by atoms with E-state index in [2.05, 4.69) is 5.32 Å². The van der Waals surface area contributed by atoms with Gasteiger partial charge in [-0.2, -0.15) is 0 Å². The highest BCUT2D eigenvalue weighted by atomic mass is 35.5. The summed E-state index contributed by atoms with van der Waals surface area (Å²) >= 11 is 5.82. The number of hydrogen-bond acceptors (Lipinski definition) is 3. The maximum Gasteiger partial charge on any atom is 0.224 e. The molecule has 0 radical (unpaired) electrons. The van der Waals surface area contributed by atoms with Crippen LogP contribution in [-0.4, -0.2) is 30.3 Å². The average Bonchev–Trinajstić information content (AvgIpc) is 2.56. The van der Waals surface area contributed by atoms with Crippen LogP contribution in [0.1, 0.15) is 18.1 Å². The van der Waals surface area contributed by atoms with Crippen LogP contribution in [0.15, 0.2) is 48.5 Å². The number of hydrogen-bond donors (Lipinski definition) is 2. The predicted octanol–water partition coefficient (Wildman–Crippen LogP) is 3.00. The van der Waals surface area contributed by atoms with Gasteiger partial charge in [0, 0.05) is 18.0 Å². The number of amides is 1. The summed E-state index contributed by atoms with van der Waals surface area (Å²) < 4.78 is 5.11. The molecule has 0 bridgehead atoms. The van der Waals surface area contributed by atoms with Crippen LogP contribution in [0.5, 0.6) is 5.75 Å². The summed E-state index contributed by atoms with van der Waals surface area (Å²) in [5.41, 5.74) is 0.837. The Kier molecular flexibility index (Phi) is 6.23. The average molecular weight is 348 g/mol. The van der Waals surface area contributed by atoms with E-state index in [4.69, 9.17) is 16.3 Å². The van der Waals surface area contributed by atoms with Crippen molar-refractivity contribution in [2.24, 2.45) is 0 Å². The van der Waals surface area contributed by atoms with Crippen molar-refractivity contribution in [2.75, 3.05) is 13.7 Å². The summed E-state index contributed by atoms with van der Waals surface area (Å²) in [6, 6.07) is 14.7. The van der Waals surface area contributed by atoms with Crippen LogP contribution in [0, 0.1) is 0 Å². The number of nitrogens with one attached hydrogen (secondary N) is 1. The van der Waals surface area contributed by atoms with Crippen LogP contribution < -0.4 is 10.1 Å². The number of halogens is 1. The third-order valence-corrected chi connectivity index (χ3v) is 3.94. The van der Waals surface area contributed by atoms with E-state index in [1.807, 2.05) is 36.4 Å². The minimum atomic E-state index is -1.02. The van der Waals surface area contributed by atoms with Gasteiger partial charge in [0.05, 0.1) is 19.1 Å². The number of rotatable bonds is 7. The van der Waals surface area contributed by atoms with Crippen LogP contribution in [0.3, 0.4) is 0 Å². The summed E-state index contributed by atoms with van der Waals surface area (Å²) in [6.45, 7) is 1.89. The van der Waals surface area contributed by atoms with Crippen molar-refractivity contribution < 1.29 is 14.6 Å². The quantitative estimate of drug-likeness (QED) is 0.809. The highest BCUT2D eigenvalue weighted by molar-refractivity contribution is 6.30. The van der Waals surface area contributed by atoms with E-state index in [9.17, 15) is 9.90 Å². The maximum absolute atomic E-state index is 12.0. The molecule has 0 spiro atoms. The second-order valence-electron chi connectivity index (χ2n) is 6.10. The minimum absolute atomic E-state index is 0.132. The normalized spacial score (nSPS) is 13.2. The zero-order valence-corrected chi connectivity index (χ0v) is 14.6. The number of benzene rings is 2. The van der Waals surface area contributed by atoms with Gasteiger partial charge in [0.25, 0.3) is 0 Å². The van der Waals surface area contributed by atoms with Gasteiger partial charge in [-0.15, -0.1) is 0 Å². The molecule has 0 saturated heterocycles. The topological polar surface area (TPSA) is 58.6 Å². The van der Waals surface area contributed by atoms with Gasteiger partial charge in [-0.05, 0) is 42.3 Å². The molecule has 128 valence electrons. The third-order valence-electron chi connectivity index (χ3n) is 3.69. The molecule has 1 unspecified atom stereocenters. The molecule has 1 atom stereocenters. The molecule has 0 aromatic heterocycles. The zero-order chi connectivity index (χ0) is 17.6. The van der Waals surface area contributed by atoms with Crippen molar-refractivity contribution in [2.45, 2.75) is 25.4 Å². The lowest BCUT2D eigenvalue weighted by atomic mass is 9.96. The Morgan fingerprint density at radius 1 is 1.12 bits per heavy atom. The summed E-state index contributed by atoms with van der Waals surface area (Å²) in [5.74, 6) is 0.641. The van der Waals surface area contributed by atoms with Gasteiger partial charge in [0.15, 0.2) is 0 Å². The van der Waals surface area contributed by atoms with Crippen LogP contribution >= 0.6 is 11.6 Å². The highest BCUT2D eigenvalue weighted by Crippen LogP contribution is 2.17. The largest absolute Gasteiger partial charge is 0.497 e. The van der Waals surface area contributed by atoms with E-state index >= 15 is 0 Å². The first kappa shape index (κ1) is 18.3. The van der Waals surface area contributed by atoms with Crippen LogP contribution in [-0.2, 0) is 17.6 Å². The Morgan fingerprint density at radius 3 is 2.29 bits per heavy atom. The summed E-state index contributed by atoms with van der Waals surface area (Å²) in [6.07, 6.45) is 0.702. The first-order valence-electron chi connectivity index (χ1n) is 7.74. The Labute approximate surface area is 147 Å². The molecule has 0 saturated carbocycles. The molecule has 4 nitrogen and oxygen atoms in total. The molecule has 2 rings (SSSR count). The van der Waals surface area contributed by atoms with Gasteiger partial charge in [-0.25, -0.2) is 0 Å². The predicted molar refractivity (Wildman–Crippen MR) is 95.5 cm³/mol.